The Balaban J connectivity index is 2.40. The number of aliphatic hydroxyl groups excluding tert-OH is 1. The number of hydrogen-bond acceptors (Lipinski definition) is 3. The van der Waals surface area contributed by atoms with Gasteiger partial charge in [-0.2, -0.15) is 0 Å². The molecule has 2 rings (SSSR count). The number of benzene rings is 1. The molecular formula is C14H20ClNO2. The number of rotatable bonds is 5. The van der Waals surface area contributed by atoms with Gasteiger partial charge in [-0.3, -0.25) is 0 Å². The van der Waals surface area contributed by atoms with Crippen LogP contribution in [0.1, 0.15) is 30.9 Å². The Morgan fingerprint density at radius 3 is 2.67 bits per heavy atom. The van der Waals surface area contributed by atoms with Crippen LogP contribution in [0.3, 0.4) is 0 Å². The second-order valence-electron chi connectivity index (χ2n) is 4.98. The highest BCUT2D eigenvalue weighted by atomic mass is 35.5. The summed E-state index contributed by atoms with van der Waals surface area (Å²) in [6, 6.07) is 5.70. The zero-order valence-electron chi connectivity index (χ0n) is 10.9. The third-order valence-electron chi connectivity index (χ3n) is 4.07. The lowest BCUT2D eigenvalue weighted by Crippen LogP contribution is -2.44. The van der Waals surface area contributed by atoms with Crippen LogP contribution in [0.4, 0.5) is 0 Å². The first kappa shape index (κ1) is 13.7. The minimum Gasteiger partial charge on any atom is -0.496 e. The van der Waals surface area contributed by atoms with Gasteiger partial charge in [0.25, 0.3) is 0 Å². The predicted molar refractivity (Wildman–Crippen MR) is 73.2 cm³/mol. The van der Waals surface area contributed by atoms with E-state index >= 15 is 0 Å². The van der Waals surface area contributed by atoms with E-state index < -0.39 is 0 Å². The average Bonchev–Trinajstić information content (AvgIpc) is 2.33. The maximum Gasteiger partial charge on any atom is 0.123 e. The summed E-state index contributed by atoms with van der Waals surface area (Å²) in [4.78, 5) is 0. The standard InChI is InChI=1S/C14H20ClNO2/c1-16-13(14(9-17)6-3-7-14)11-8-10(15)4-5-12(11)18-2/h4-5,8,13,16-17H,3,6-7,9H2,1-2H3. The maximum atomic E-state index is 9.72. The van der Waals surface area contributed by atoms with E-state index in [1.54, 1.807) is 7.11 Å². The van der Waals surface area contributed by atoms with Crippen LogP contribution in [0.5, 0.6) is 5.75 Å². The fourth-order valence-corrected chi connectivity index (χ4v) is 3.07. The van der Waals surface area contributed by atoms with Crippen LogP contribution < -0.4 is 10.1 Å². The Morgan fingerprint density at radius 2 is 2.22 bits per heavy atom. The summed E-state index contributed by atoms with van der Waals surface area (Å²) >= 11 is 6.08. The Labute approximate surface area is 113 Å². The van der Waals surface area contributed by atoms with E-state index in [2.05, 4.69) is 5.32 Å². The lowest BCUT2D eigenvalue weighted by atomic mass is 9.63. The van der Waals surface area contributed by atoms with Crippen molar-refractivity contribution in [2.24, 2.45) is 5.41 Å². The van der Waals surface area contributed by atoms with Gasteiger partial charge in [-0.15, -0.1) is 0 Å². The number of methoxy groups -OCH3 is 1. The average molecular weight is 270 g/mol. The second-order valence-corrected chi connectivity index (χ2v) is 5.42. The van der Waals surface area contributed by atoms with Crippen LogP contribution >= 0.6 is 11.6 Å². The van der Waals surface area contributed by atoms with Gasteiger partial charge in [0.05, 0.1) is 13.7 Å². The molecule has 0 aliphatic heterocycles. The second kappa shape index (κ2) is 5.47. The van der Waals surface area contributed by atoms with E-state index in [9.17, 15) is 5.11 Å². The van der Waals surface area contributed by atoms with Crippen LogP contribution in [-0.4, -0.2) is 25.9 Å². The number of halogens is 1. The Hall–Kier alpha value is -0.770. The summed E-state index contributed by atoms with van der Waals surface area (Å²) in [6.07, 6.45) is 3.23. The molecule has 0 heterocycles. The summed E-state index contributed by atoms with van der Waals surface area (Å²) in [6.45, 7) is 0.189. The number of hydrogen-bond donors (Lipinski definition) is 2. The molecule has 0 radical (unpaired) electrons. The molecule has 18 heavy (non-hydrogen) atoms. The fraction of sp³-hybridized carbons (Fsp3) is 0.571. The highest BCUT2D eigenvalue weighted by Gasteiger charge is 2.44. The van der Waals surface area contributed by atoms with Gasteiger partial charge in [0.15, 0.2) is 0 Å². The molecule has 1 aromatic carbocycles. The minimum absolute atomic E-state index is 0.0740. The van der Waals surface area contributed by atoms with Gasteiger partial charge in [0.2, 0.25) is 0 Å². The van der Waals surface area contributed by atoms with E-state index in [1.807, 2.05) is 25.2 Å². The zero-order valence-corrected chi connectivity index (χ0v) is 11.6. The van der Waals surface area contributed by atoms with Gasteiger partial charge in [-0.25, -0.2) is 0 Å². The molecule has 1 atom stereocenters. The van der Waals surface area contributed by atoms with Gasteiger partial charge < -0.3 is 15.2 Å². The first-order valence-electron chi connectivity index (χ1n) is 6.28. The summed E-state index contributed by atoms with van der Waals surface area (Å²) < 4.78 is 5.41. The van der Waals surface area contributed by atoms with E-state index in [0.29, 0.717) is 5.02 Å². The van der Waals surface area contributed by atoms with E-state index in [4.69, 9.17) is 16.3 Å². The van der Waals surface area contributed by atoms with Crippen molar-refractivity contribution in [1.82, 2.24) is 5.32 Å². The number of aliphatic hydroxyl groups is 1. The molecule has 0 bridgehead atoms. The van der Waals surface area contributed by atoms with Gasteiger partial charge in [0, 0.05) is 22.0 Å². The topological polar surface area (TPSA) is 41.5 Å². The SMILES string of the molecule is CNC(c1cc(Cl)ccc1OC)C1(CO)CCC1. The molecule has 0 amide bonds. The van der Waals surface area contributed by atoms with Crippen molar-refractivity contribution in [2.75, 3.05) is 20.8 Å². The van der Waals surface area contributed by atoms with E-state index in [-0.39, 0.29) is 18.1 Å². The molecule has 1 aliphatic rings. The van der Waals surface area contributed by atoms with Crippen molar-refractivity contribution >= 4 is 11.6 Å². The Kier molecular flexibility index (Phi) is 4.15. The molecule has 1 saturated carbocycles. The van der Waals surface area contributed by atoms with Gasteiger partial charge in [-0.05, 0) is 38.1 Å². The smallest absolute Gasteiger partial charge is 0.123 e. The highest BCUT2D eigenvalue weighted by Crippen LogP contribution is 2.51. The van der Waals surface area contributed by atoms with Crippen LogP contribution in [0.2, 0.25) is 5.02 Å². The van der Waals surface area contributed by atoms with Gasteiger partial charge in [-0.1, -0.05) is 18.0 Å². The molecular weight excluding hydrogens is 250 g/mol. The molecule has 0 aromatic heterocycles. The predicted octanol–water partition coefficient (Wildman–Crippen LogP) is 2.77. The quantitative estimate of drug-likeness (QED) is 0.864. The molecule has 1 fully saturated rings. The maximum absolute atomic E-state index is 9.72. The molecule has 100 valence electrons. The molecule has 0 saturated heterocycles. The third-order valence-corrected chi connectivity index (χ3v) is 4.30. The van der Waals surface area contributed by atoms with Gasteiger partial charge >= 0.3 is 0 Å². The first-order chi connectivity index (χ1) is 8.66. The van der Waals surface area contributed by atoms with Crippen molar-refractivity contribution < 1.29 is 9.84 Å². The van der Waals surface area contributed by atoms with E-state index in [1.165, 1.54) is 6.42 Å². The molecule has 2 N–H and O–H groups in total. The van der Waals surface area contributed by atoms with Crippen molar-refractivity contribution in [3.8, 4) is 5.75 Å². The molecule has 4 heteroatoms. The number of nitrogens with one attached hydrogen (secondary N) is 1. The molecule has 1 unspecified atom stereocenters. The Bertz CT molecular complexity index is 413. The van der Waals surface area contributed by atoms with Crippen LogP contribution in [0, 0.1) is 5.41 Å². The molecule has 3 nitrogen and oxygen atoms in total. The minimum atomic E-state index is -0.0767. The monoisotopic (exact) mass is 269 g/mol. The molecule has 0 spiro atoms. The third kappa shape index (κ3) is 2.22. The van der Waals surface area contributed by atoms with Crippen LogP contribution in [-0.2, 0) is 0 Å². The van der Waals surface area contributed by atoms with E-state index in [0.717, 1.165) is 24.2 Å². The number of ether oxygens (including phenoxy) is 1. The largest absolute Gasteiger partial charge is 0.496 e. The van der Waals surface area contributed by atoms with Gasteiger partial charge in [0.1, 0.15) is 5.75 Å². The lowest BCUT2D eigenvalue weighted by Gasteiger charge is -2.47. The lowest BCUT2D eigenvalue weighted by molar-refractivity contribution is 0.00714. The van der Waals surface area contributed by atoms with Crippen molar-refractivity contribution in [1.29, 1.82) is 0 Å². The first-order valence-corrected chi connectivity index (χ1v) is 6.66. The molecule has 1 aromatic rings. The summed E-state index contributed by atoms with van der Waals surface area (Å²) in [5.74, 6) is 0.818. The van der Waals surface area contributed by atoms with Crippen molar-refractivity contribution in [2.45, 2.75) is 25.3 Å². The van der Waals surface area contributed by atoms with Crippen LogP contribution in [0.15, 0.2) is 18.2 Å². The zero-order chi connectivity index (χ0) is 13.2. The summed E-state index contributed by atoms with van der Waals surface area (Å²) in [7, 11) is 3.58. The van der Waals surface area contributed by atoms with Crippen LogP contribution in [0.25, 0.3) is 0 Å². The normalized spacial score (nSPS) is 19.1. The fourth-order valence-electron chi connectivity index (χ4n) is 2.89. The van der Waals surface area contributed by atoms with Crippen molar-refractivity contribution in [3.05, 3.63) is 28.8 Å². The van der Waals surface area contributed by atoms with Crippen molar-refractivity contribution in [3.63, 3.8) is 0 Å². The highest BCUT2D eigenvalue weighted by molar-refractivity contribution is 6.30. The summed E-state index contributed by atoms with van der Waals surface area (Å²) in [5, 5.41) is 13.7. The molecule has 1 aliphatic carbocycles. The summed E-state index contributed by atoms with van der Waals surface area (Å²) in [5.41, 5.74) is 0.952. The Morgan fingerprint density at radius 1 is 1.50 bits per heavy atom.